The Morgan fingerprint density at radius 3 is 2.62 bits per heavy atom. The van der Waals surface area contributed by atoms with E-state index in [2.05, 4.69) is 30.2 Å². The van der Waals surface area contributed by atoms with Gasteiger partial charge in [-0.15, -0.1) is 0 Å². The van der Waals surface area contributed by atoms with E-state index >= 15 is 0 Å². The van der Waals surface area contributed by atoms with E-state index in [0.29, 0.717) is 23.6 Å². The molecule has 10 heteroatoms. The molecule has 4 aromatic rings. The van der Waals surface area contributed by atoms with E-state index in [4.69, 9.17) is 5.73 Å². The average molecular weight is 546 g/mol. The predicted molar refractivity (Wildman–Crippen MR) is 153 cm³/mol. The van der Waals surface area contributed by atoms with E-state index in [0.717, 1.165) is 42.2 Å². The second-order valence-corrected chi connectivity index (χ2v) is 9.61. The molecule has 3 heterocycles. The zero-order chi connectivity index (χ0) is 28.0. The Balaban J connectivity index is 1.34. The molecule has 0 aliphatic carbocycles. The van der Waals surface area contributed by atoms with E-state index in [1.54, 1.807) is 24.4 Å². The molecule has 0 spiro atoms. The van der Waals surface area contributed by atoms with E-state index in [-0.39, 0.29) is 11.3 Å². The minimum atomic E-state index is -4.49. The number of likely N-dealkylation sites (tertiary alicyclic amines) is 1. The largest absolute Gasteiger partial charge is 0.417 e. The van der Waals surface area contributed by atoms with Crippen LogP contribution in [0, 0.1) is 0 Å². The van der Waals surface area contributed by atoms with Gasteiger partial charge in [-0.25, -0.2) is 9.97 Å². The summed E-state index contributed by atoms with van der Waals surface area (Å²) in [7, 11) is 0. The summed E-state index contributed by atoms with van der Waals surface area (Å²) in [5.74, 6) is 0.520. The standard InChI is InChI=1S/C30H30F3N7/c31-30(32,33)26-7-3-2-6-24(26)28-17-23(10-11-36-28)39-29-25-9-8-21(16-27(25)37-20-38-29)22(18-34)19-35-12-15-40-13-4-1-5-14-40/h2-3,6-11,16-20H,1,4-5,12-15,34H2,(H,36,37,38,39)/b22-18+,35-19?. The normalized spacial score (nSPS) is 15.1. The number of nitrogens with one attached hydrogen (secondary N) is 1. The molecule has 2 aromatic heterocycles. The van der Waals surface area contributed by atoms with E-state index in [1.165, 1.54) is 50.1 Å². The van der Waals surface area contributed by atoms with Crippen LogP contribution in [0.2, 0.25) is 0 Å². The molecule has 5 rings (SSSR count). The molecule has 1 fully saturated rings. The first kappa shape index (κ1) is 27.3. The van der Waals surface area contributed by atoms with Crippen molar-refractivity contribution in [1.29, 1.82) is 0 Å². The number of alkyl halides is 3. The van der Waals surface area contributed by atoms with Gasteiger partial charge in [-0.3, -0.25) is 9.98 Å². The second-order valence-electron chi connectivity index (χ2n) is 9.61. The van der Waals surface area contributed by atoms with Crippen LogP contribution in [0.1, 0.15) is 30.4 Å². The fourth-order valence-corrected chi connectivity index (χ4v) is 4.84. The van der Waals surface area contributed by atoms with Gasteiger partial charge in [0.2, 0.25) is 0 Å². The number of nitrogens with two attached hydrogens (primary N) is 1. The number of hydrogen-bond donors (Lipinski definition) is 2. The highest BCUT2D eigenvalue weighted by atomic mass is 19.4. The maximum Gasteiger partial charge on any atom is 0.417 e. The number of aromatic nitrogens is 3. The summed E-state index contributed by atoms with van der Waals surface area (Å²) in [5, 5.41) is 3.96. The van der Waals surface area contributed by atoms with Gasteiger partial charge in [0, 0.05) is 47.4 Å². The van der Waals surface area contributed by atoms with E-state index in [9.17, 15) is 13.2 Å². The van der Waals surface area contributed by atoms with E-state index in [1.807, 2.05) is 18.2 Å². The zero-order valence-electron chi connectivity index (χ0n) is 21.9. The van der Waals surface area contributed by atoms with Crippen LogP contribution in [0.25, 0.3) is 27.7 Å². The topological polar surface area (TPSA) is 92.3 Å². The minimum absolute atomic E-state index is 0.00883. The maximum absolute atomic E-state index is 13.6. The Bertz CT molecular complexity index is 1530. The number of benzene rings is 2. The van der Waals surface area contributed by atoms with Gasteiger partial charge in [-0.2, -0.15) is 13.2 Å². The summed E-state index contributed by atoms with van der Waals surface area (Å²) in [6.45, 7) is 3.92. The average Bonchev–Trinajstić information content (AvgIpc) is 2.97. The van der Waals surface area contributed by atoms with Crippen LogP contribution in [0.15, 0.2) is 78.3 Å². The molecule has 0 saturated carbocycles. The molecule has 7 nitrogen and oxygen atoms in total. The van der Waals surface area contributed by atoms with Crippen LogP contribution in [0.5, 0.6) is 0 Å². The molecule has 1 aliphatic heterocycles. The molecular weight excluding hydrogens is 515 g/mol. The predicted octanol–water partition coefficient (Wildman–Crippen LogP) is 6.31. The van der Waals surface area contributed by atoms with Crippen molar-refractivity contribution in [1.82, 2.24) is 19.9 Å². The number of pyridine rings is 1. The fraction of sp³-hybridized carbons (Fsp3) is 0.267. The van der Waals surface area contributed by atoms with Gasteiger partial charge in [0.05, 0.1) is 23.3 Å². The number of piperidine rings is 1. The van der Waals surface area contributed by atoms with Crippen LogP contribution in [-0.4, -0.2) is 52.2 Å². The zero-order valence-corrected chi connectivity index (χ0v) is 21.9. The van der Waals surface area contributed by atoms with Crippen LogP contribution < -0.4 is 11.1 Å². The van der Waals surface area contributed by atoms with E-state index < -0.39 is 11.7 Å². The number of nitrogens with zero attached hydrogens (tertiary/aromatic N) is 5. The number of allylic oxidation sites excluding steroid dienone is 1. The molecular formula is C30H30F3N7. The molecule has 40 heavy (non-hydrogen) atoms. The van der Waals surface area contributed by atoms with Crippen molar-refractivity contribution in [2.75, 3.05) is 31.5 Å². The lowest BCUT2D eigenvalue weighted by Crippen LogP contribution is -2.31. The third-order valence-corrected chi connectivity index (χ3v) is 6.90. The van der Waals surface area contributed by atoms with Gasteiger partial charge in [0.25, 0.3) is 0 Å². The molecule has 2 aromatic carbocycles. The van der Waals surface area contributed by atoms with Crippen molar-refractivity contribution in [3.63, 3.8) is 0 Å². The number of aliphatic imine (C=N–C) groups is 1. The summed E-state index contributed by atoms with van der Waals surface area (Å²) < 4.78 is 40.7. The highest BCUT2D eigenvalue weighted by Crippen LogP contribution is 2.37. The Morgan fingerprint density at radius 1 is 1.00 bits per heavy atom. The lowest BCUT2D eigenvalue weighted by atomic mass is 10.0. The van der Waals surface area contributed by atoms with Gasteiger partial charge >= 0.3 is 6.18 Å². The first-order valence-electron chi connectivity index (χ1n) is 13.2. The lowest BCUT2D eigenvalue weighted by molar-refractivity contribution is -0.137. The number of rotatable bonds is 8. The molecule has 3 N–H and O–H groups in total. The molecule has 0 unspecified atom stereocenters. The Hall–Kier alpha value is -4.31. The van der Waals surface area contributed by atoms with Crippen LogP contribution >= 0.6 is 0 Å². The quantitative estimate of drug-likeness (QED) is 0.252. The third kappa shape index (κ3) is 6.45. The Kier molecular flexibility index (Phi) is 8.35. The van der Waals surface area contributed by atoms with Crippen molar-refractivity contribution >= 4 is 34.2 Å². The maximum atomic E-state index is 13.6. The van der Waals surface area contributed by atoms with Crippen molar-refractivity contribution < 1.29 is 13.2 Å². The van der Waals surface area contributed by atoms with Crippen molar-refractivity contribution in [2.24, 2.45) is 10.7 Å². The molecule has 206 valence electrons. The molecule has 1 saturated heterocycles. The second kappa shape index (κ2) is 12.3. The van der Waals surface area contributed by atoms with Crippen molar-refractivity contribution in [2.45, 2.75) is 25.4 Å². The monoisotopic (exact) mass is 545 g/mol. The first-order valence-corrected chi connectivity index (χ1v) is 13.2. The fourth-order valence-electron chi connectivity index (χ4n) is 4.84. The van der Waals surface area contributed by atoms with Crippen molar-refractivity contribution in [3.8, 4) is 11.3 Å². The molecule has 1 aliphatic rings. The molecule has 0 radical (unpaired) electrons. The Labute approximate surface area is 230 Å². The highest BCUT2D eigenvalue weighted by molar-refractivity contribution is 6.10. The van der Waals surface area contributed by atoms with Gasteiger partial charge < -0.3 is 16.0 Å². The van der Waals surface area contributed by atoms with Crippen LogP contribution in [-0.2, 0) is 6.18 Å². The van der Waals surface area contributed by atoms with Crippen LogP contribution in [0.3, 0.4) is 0 Å². The molecule has 0 atom stereocenters. The molecule has 0 bridgehead atoms. The summed E-state index contributed by atoms with van der Waals surface area (Å²) in [6, 6.07) is 14.4. The third-order valence-electron chi connectivity index (χ3n) is 6.90. The number of hydrogen-bond acceptors (Lipinski definition) is 7. The van der Waals surface area contributed by atoms with Crippen molar-refractivity contribution in [3.05, 3.63) is 84.4 Å². The summed E-state index contributed by atoms with van der Waals surface area (Å²) >= 11 is 0. The SMILES string of the molecule is N/C=C(\C=NCCN1CCCCC1)c1ccc2c(Nc3ccnc(-c4ccccc4C(F)(F)F)c3)ncnc2c1. The number of halogens is 3. The highest BCUT2D eigenvalue weighted by Gasteiger charge is 2.33. The summed E-state index contributed by atoms with van der Waals surface area (Å²) in [4.78, 5) is 20.0. The summed E-state index contributed by atoms with van der Waals surface area (Å²) in [6.07, 6.45) is 5.55. The Morgan fingerprint density at radius 2 is 1.82 bits per heavy atom. The molecule has 0 amide bonds. The van der Waals surface area contributed by atoms with Crippen LogP contribution in [0.4, 0.5) is 24.7 Å². The number of anilines is 2. The smallest absolute Gasteiger partial charge is 0.404 e. The minimum Gasteiger partial charge on any atom is -0.404 e. The first-order chi connectivity index (χ1) is 19.4. The lowest BCUT2D eigenvalue weighted by Gasteiger charge is -2.25. The van der Waals surface area contributed by atoms with Gasteiger partial charge in [0.1, 0.15) is 12.1 Å². The number of fused-ring (bicyclic) bond motifs is 1. The van der Waals surface area contributed by atoms with Gasteiger partial charge in [-0.05, 0) is 61.8 Å². The summed E-state index contributed by atoms with van der Waals surface area (Å²) in [5.41, 5.74) is 8.29. The van der Waals surface area contributed by atoms with Gasteiger partial charge in [-0.1, -0.05) is 30.7 Å². The van der Waals surface area contributed by atoms with Gasteiger partial charge in [0.15, 0.2) is 0 Å².